The van der Waals surface area contributed by atoms with Gasteiger partial charge in [0.15, 0.2) is 0 Å². The minimum atomic E-state index is -0.449. The molecule has 0 bridgehead atoms. The second-order valence-corrected chi connectivity index (χ2v) is 5.95. The van der Waals surface area contributed by atoms with Crippen molar-refractivity contribution in [2.45, 2.75) is 44.9 Å². The fraction of sp³-hybridized carbons (Fsp3) is 0.533. The van der Waals surface area contributed by atoms with Crippen LogP contribution in [0.5, 0.6) is 0 Å². The van der Waals surface area contributed by atoms with E-state index in [9.17, 15) is 4.79 Å². The molecule has 4 nitrogen and oxygen atoms in total. The highest BCUT2D eigenvalue weighted by Gasteiger charge is 2.27. The lowest BCUT2D eigenvalue weighted by Gasteiger charge is -2.21. The number of nitrogens with one attached hydrogen (secondary N) is 2. The van der Waals surface area contributed by atoms with Crippen molar-refractivity contribution >= 4 is 6.09 Å². The van der Waals surface area contributed by atoms with Gasteiger partial charge >= 0.3 is 6.09 Å². The zero-order valence-electron chi connectivity index (χ0n) is 11.8. The molecule has 0 radical (unpaired) electrons. The standard InChI is InChI=1S/C15H22N2O2/c1-15(2,3)19-14(18)17-12-9-13(16-10-12)11-7-5-4-6-8-11/h4-8,12-13,16H,9-10H2,1-3H3,(H,17,18)/t12-,13-/m1/s1. The average molecular weight is 262 g/mol. The molecule has 0 saturated carbocycles. The SMILES string of the molecule is CC(C)(C)OC(=O)N[C@H]1CN[C@@H](c2ccccc2)C1. The van der Waals surface area contributed by atoms with Gasteiger partial charge in [-0.1, -0.05) is 30.3 Å². The number of hydrogen-bond acceptors (Lipinski definition) is 3. The molecule has 0 spiro atoms. The van der Waals surface area contributed by atoms with Crippen LogP contribution in [0.2, 0.25) is 0 Å². The van der Waals surface area contributed by atoms with Crippen LogP contribution in [0.1, 0.15) is 38.8 Å². The summed E-state index contributed by atoms with van der Waals surface area (Å²) in [6.45, 7) is 6.38. The molecule has 1 amide bonds. The zero-order valence-corrected chi connectivity index (χ0v) is 11.8. The molecule has 1 aliphatic heterocycles. The van der Waals surface area contributed by atoms with Gasteiger partial charge in [-0.15, -0.1) is 0 Å². The van der Waals surface area contributed by atoms with Crippen LogP contribution in [0.15, 0.2) is 30.3 Å². The van der Waals surface area contributed by atoms with Crippen LogP contribution in [0.4, 0.5) is 4.79 Å². The second-order valence-electron chi connectivity index (χ2n) is 5.95. The van der Waals surface area contributed by atoms with E-state index in [1.54, 1.807) is 0 Å². The number of alkyl carbamates (subject to hydrolysis) is 1. The Bertz CT molecular complexity index is 426. The Hall–Kier alpha value is -1.55. The maximum atomic E-state index is 11.7. The van der Waals surface area contributed by atoms with E-state index in [1.807, 2.05) is 39.0 Å². The van der Waals surface area contributed by atoms with Gasteiger partial charge < -0.3 is 15.4 Å². The van der Waals surface area contributed by atoms with Gasteiger partial charge in [-0.25, -0.2) is 4.79 Å². The molecule has 0 unspecified atom stereocenters. The predicted octanol–water partition coefficient (Wildman–Crippen LogP) is 2.61. The smallest absolute Gasteiger partial charge is 0.407 e. The summed E-state index contributed by atoms with van der Waals surface area (Å²) >= 11 is 0. The molecule has 1 heterocycles. The Morgan fingerprint density at radius 2 is 2.00 bits per heavy atom. The van der Waals surface area contributed by atoms with Crippen molar-refractivity contribution in [3.8, 4) is 0 Å². The number of carbonyl (C=O) groups is 1. The molecular formula is C15H22N2O2. The van der Waals surface area contributed by atoms with Crippen LogP contribution in [0.25, 0.3) is 0 Å². The first-order chi connectivity index (χ1) is 8.94. The fourth-order valence-corrected chi connectivity index (χ4v) is 2.26. The Balaban J connectivity index is 1.84. The maximum Gasteiger partial charge on any atom is 0.407 e. The van der Waals surface area contributed by atoms with Crippen molar-refractivity contribution in [3.63, 3.8) is 0 Å². The lowest BCUT2D eigenvalue weighted by atomic mass is 10.0. The van der Waals surface area contributed by atoms with Crippen molar-refractivity contribution in [3.05, 3.63) is 35.9 Å². The first kappa shape index (κ1) is 13.9. The van der Waals surface area contributed by atoms with Gasteiger partial charge in [0.05, 0.1) is 0 Å². The van der Waals surface area contributed by atoms with Crippen molar-refractivity contribution in [1.29, 1.82) is 0 Å². The molecular weight excluding hydrogens is 240 g/mol. The van der Waals surface area contributed by atoms with Crippen molar-refractivity contribution in [2.75, 3.05) is 6.54 Å². The van der Waals surface area contributed by atoms with E-state index in [0.717, 1.165) is 13.0 Å². The summed E-state index contributed by atoms with van der Waals surface area (Å²) in [7, 11) is 0. The van der Waals surface area contributed by atoms with Crippen LogP contribution in [-0.4, -0.2) is 24.3 Å². The summed E-state index contributed by atoms with van der Waals surface area (Å²) in [5, 5.41) is 6.33. The summed E-state index contributed by atoms with van der Waals surface area (Å²) in [5.41, 5.74) is 0.811. The van der Waals surface area contributed by atoms with Gasteiger partial charge in [0.1, 0.15) is 5.60 Å². The number of hydrogen-bond donors (Lipinski definition) is 2. The highest BCUT2D eigenvalue weighted by atomic mass is 16.6. The molecule has 1 aliphatic rings. The van der Waals surface area contributed by atoms with Gasteiger partial charge in [0, 0.05) is 18.6 Å². The minimum absolute atomic E-state index is 0.125. The molecule has 4 heteroatoms. The van der Waals surface area contributed by atoms with Crippen LogP contribution in [0, 0.1) is 0 Å². The fourth-order valence-electron chi connectivity index (χ4n) is 2.26. The first-order valence-corrected chi connectivity index (χ1v) is 6.72. The Morgan fingerprint density at radius 1 is 1.32 bits per heavy atom. The van der Waals surface area contributed by atoms with Crippen LogP contribution >= 0.6 is 0 Å². The molecule has 0 aliphatic carbocycles. The minimum Gasteiger partial charge on any atom is -0.444 e. The number of benzene rings is 1. The van der Waals surface area contributed by atoms with Gasteiger partial charge in [-0.2, -0.15) is 0 Å². The number of carbonyl (C=O) groups excluding carboxylic acids is 1. The Labute approximate surface area is 114 Å². The van der Waals surface area contributed by atoms with Crippen molar-refractivity contribution < 1.29 is 9.53 Å². The van der Waals surface area contributed by atoms with Crippen LogP contribution in [-0.2, 0) is 4.74 Å². The molecule has 1 aromatic carbocycles. The summed E-state index contributed by atoms with van der Waals surface area (Å²) in [6, 6.07) is 10.7. The van der Waals surface area contributed by atoms with Crippen LogP contribution in [0.3, 0.4) is 0 Å². The van der Waals surface area contributed by atoms with E-state index in [1.165, 1.54) is 5.56 Å². The highest BCUT2D eigenvalue weighted by molar-refractivity contribution is 5.68. The quantitative estimate of drug-likeness (QED) is 0.861. The predicted molar refractivity (Wildman–Crippen MR) is 75.0 cm³/mol. The van der Waals surface area contributed by atoms with Crippen LogP contribution < -0.4 is 10.6 Å². The van der Waals surface area contributed by atoms with E-state index >= 15 is 0 Å². The second kappa shape index (κ2) is 5.61. The molecule has 19 heavy (non-hydrogen) atoms. The average Bonchev–Trinajstić information content (AvgIpc) is 2.76. The zero-order chi connectivity index (χ0) is 13.9. The highest BCUT2D eigenvalue weighted by Crippen LogP contribution is 2.23. The van der Waals surface area contributed by atoms with E-state index in [-0.39, 0.29) is 12.1 Å². The van der Waals surface area contributed by atoms with E-state index < -0.39 is 5.60 Å². The van der Waals surface area contributed by atoms with Crippen molar-refractivity contribution in [2.24, 2.45) is 0 Å². The van der Waals surface area contributed by atoms with Gasteiger partial charge in [0.2, 0.25) is 0 Å². The third-order valence-electron chi connectivity index (χ3n) is 3.05. The third kappa shape index (κ3) is 4.24. The summed E-state index contributed by atoms with van der Waals surface area (Å²) in [5.74, 6) is 0. The van der Waals surface area contributed by atoms with E-state index in [2.05, 4.69) is 22.8 Å². The number of amides is 1. The number of rotatable bonds is 2. The molecule has 1 aromatic rings. The maximum absolute atomic E-state index is 11.7. The lowest BCUT2D eigenvalue weighted by molar-refractivity contribution is 0.0508. The van der Waals surface area contributed by atoms with E-state index in [0.29, 0.717) is 6.04 Å². The monoisotopic (exact) mass is 262 g/mol. The molecule has 1 fully saturated rings. The normalized spacial score (nSPS) is 23.1. The molecule has 2 rings (SSSR count). The molecule has 1 saturated heterocycles. The summed E-state index contributed by atoms with van der Waals surface area (Å²) in [4.78, 5) is 11.7. The summed E-state index contributed by atoms with van der Waals surface area (Å²) in [6.07, 6.45) is 0.552. The first-order valence-electron chi connectivity index (χ1n) is 6.72. The largest absolute Gasteiger partial charge is 0.444 e. The topological polar surface area (TPSA) is 50.4 Å². The Kier molecular flexibility index (Phi) is 4.10. The number of ether oxygens (including phenoxy) is 1. The van der Waals surface area contributed by atoms with Crippen molar-refractivity contribution in [1.82, 2.24) is 10.6 Å². The summed E-state index contributed by atoms with van der Waals surface area (Å²) < 4.78 is 5.26. The van der Waals surface area contributed by atoms with E-state index in [4.69, 9.17) is 4.74 Å². The molecule has 0 aromatic heterocycles. The molecule has 2 atom stereocenters. The Morgan fingerprint density at radius 3 is 2.63 bits per heavy atom. The third-order valence-corrected chi connectivity index (χ3v) is 3.05. The lowest BCUT2D eigenvalue weighted by Crippen LogP contribution is -2.40. The molecule has 2 N–H and O–H groups in total. The van der Waals surface area contributed by atoms with Gasteiger partial charge in [-0.3, -0.25) is 0 Å². The van der Waals surface area contributed by atoms with Gasteiger partial charge in [-0.05, 0) is 32.8 Å². The van der Waals surface area contributed by atoms with Gasteiger partial charge in [0.25, 0.3) is 0 Å². The molecule has 104 valence electrons.